The second kappa shape index (κ2) is 6.83. The van der Waals surface area contributed by atoms with Crippen molar-refractivity contribution in [3.8, 4) is 10.6 Å². The Hall–Kier alpha value is -1.72. The van der Waals surface area contributed by atoms with Gasteiger partial charge in [-0.05, 0) is 31.8 Å². The van der Waals surface area contributed by atoms with E-state index >= 15 is 0 Å². The molecule has 1 amide bonds. The minimum atomic E-state index is -0.0700. The number of nitrogens with zero attached hydrogens (tertiary/aromatic N) is 1. The van der Waals surface area contributed by atoms with E-state index in [-0.39, 0.29) is 5.91 Å². The molecule has 0 saturated carbocycles. The summed E-state index contributed by atoms with van der Waals surface area (Å²) in [5, 5.41) is 9.03. The molecule has 4 nitrogen and oxygen atoms in total. The Morgan fingerprint density at radius 2 is 2.24 bits per heavy atom. The molecule has 1 aliphatic heterocycles. The first-order chi connectivity index (χ1) is 10.3. The van der Waals surface area contributed by atoms with Crippen molar-refractivity contribution in [2.24, 2.45) is 5.92 Å². The molecule has 1 saturated heterocycles. The molecule has 0 bridgehead atoms. The highest BCUT2D eigenvalue weighted by molar-refractivity contribution is 7.13. The SMILES string of the molecule is O=C(NCCC1CCNC1)c1csc(-c2ccccc2)n1. The van der Waals surface area contributed by atoms with Crippen molar-refractivity contribution < 1.29 is 4.79 Å². The monoisotopic (exact) mass is 301 g/mol. The lowest BCUT2D eigenvalue weighted by Crippen LogP contribution is -2.26. The molecule has 0 spiro atoms. The maximum atomic E-state index is 12.1. The number of nitrogens with one attached hydrogen (secondary N) is 2. The largest absolute Gasteiger partial charge is 0.351 e. The Kier molecular flexibility index (Phi) is 4.62. The van der Waals surface area contributed by atoms with Crippen LogP contribution in [0.3, 0.4) is 0 Å². The second-order valence-electron chi connectivity index (χ2n) is 5.31. The number of hydrogen-bond donors (Lipinski definition) is 2. The summed E-state index contributed by atoms with van der Waals surface area (Å²) >= 11 is 1.51. The maximum absolute atomic E-state index is 12.1. The summed E-state index contributed by atoms with van der Waals surface area (Å²) in [6.07, 6.45) is 2.25. The lowest BCUT2D eigenvalue weighted by Gasteiger charge is -2.08. The lowest BCUT2D eigenvalue weighted by molar-refractivity contribution is 0.0947. The molecule has 1 aromatic carbocycles. The Morgan fingerprint density at radius 1 is 1.38 bits per heavy atom. The zero-order valence-corrected chi connectivity index (χ0v) is 12.7. The summed E-state index contributed by atoms with van der Waals surface area (Å²) in [5.74, 6) is 0.625. The number of thiazole rings is 1. The molecular weight excluding hydrogens is 282 g/mol. The van der Waals surface area contributed by atoms with Gasteiger partial charge in [0, 0.05) is 17.5 Å². The average molecular weight is 301 g/mol. The molecule has 0 radical (unpaired) electrons. The van der Waals surface area contributed by atoms with Crippen LogP contribution in [0.2, 0.25) is 0 Å². The van der Waals surface area contributed by atoms with E-state index in [1.807, 2.05) is 35.7 Å². The molecule has 21 heavy (non-hydrogen) atoms. The van der Waals surface area contributed by atoms with E-state index in [9.17, 15) is 4.79 Å². The van der Waals surface area contributed by atoms with Crippen LogP contribution in [0.4, 0.5) is 0 Å². The van der Waals surface area contributed by atoms with Crippen LogP contribution in [-0.4, -0.2) is 30.5 Å². The molecular formula is C16H19N3OS. The van der Waals surface area contributed by atoms with E-state index in [4.69, 9.17) is 0 Å². The van der Waals surface area contributed by atoms with Gasteiger partial charge in [-0.15, -0.1) is 11.3 Å². The van der Waals surface area contributed by atoms with E-state index in [2.05, 4.69) is 15.6 Å². The number of aromatic nitrogens is 1. The van der Waals surface area contributed by atoms with Gasteiger partial charge in [0.1, 0.15) is 10.7 Å². The van der Waals surface area contributed by atoms with Crippen LogP contribution in [0.25, 0.3) is 10.6 Å². The minimum Gasteiger partial charge on any atom is -0.351 e. The molecule has 1 atom stereocenters. The number of benzene rings is 1. The normalized spacial score (nSPS) is 17.8. The minimum absolute atomic E-state index is 0.0700. The number of rotatable bonds is 5. The van der Waals surface area contributed by atoms with Crippen molar-refractivity contribution in [3.05, 3.63) is 41.4 Å². The number of carbonyl (C=O) groups is 1. The van der Waals surface area contributed by atoms with Crippen LogP contribution in [-0.2, 0) is 0 Å². The summed E-state index contributed by atoms with van der Waals surface area (Å²) in [5.41, 5.74) is 1.57. The highest BCUT2D eigenvalue weighted by atomic mass is 32.1. The summed E-state index contributed by atoms with van der Waals surface area (Å²) < 4.78 is 0. The topological polar surface area (TPSA) is 54.0 Å². The Morgan fingerprint density at radius 3 is 3.00 bits per heavy atom. The molecule has 1 aromatic heterocycles. The van der Waals surface area contributed by atoms with E-state index < -0.39 is 0 Å². The van der Waals surface area contributed by atoms with Crippen LogP contribution in [0.5, 0.6) is 0 Å². The lowest BCUT2D eigenvalue weighted by atomic mass is 10.1. The van der Waals surface area contributed by atoms with Crippen molar-refractivity contribution in [1.82, 2.24) is 15.6 Å². The fourth-order valence-corrected chi connectivity index (χ4v) is 3.34. The van der Waals surface area contributed by atoms with Gasteiger partial charge in [-0.3, -0.25) is 4.79 Å². The molecule has 1 unspecified atom stereocenters. The molecule has 1 aliphatic rings. The van der Waals surface area contributed by atoms with Crippen molar-refractivity contribution in [1.29, 1.82) is 0 Å². The quantitative estimate of drug-likeness (QED) is 0.892. The first-order valence-electron chi connectivity index (χ1n) is 7.33. The van der Waals surface area contributed by atoms with E-state index in [0.717, 1.165) is 36.6 Å². The van der Waals surface area contributed by atoms with Gasteiger partial charge in [0.2, 0.25) is 0 Å². The molecule has 1 fully saturated rings. The van der Waals surface area contributed by atoms with Gasteiger partial charge in [-0.1, -0.05) is 30.3 Å². The Bertz CT molecular complexity index is 591. The van der Waals surface area contributed by atoms with E-state index in [0.29, 0.717) is 11.6 Å². The third kappa shape index (κ3) is 3.68. The third-order valence-electron chi connectivity index (χ3n) is 3.76. The molecule has 3 rings (SSSR count). The second-order valence-corrected chi connectivity index (χ2v) is 6.17. The van der Waals surface area contributed by atoms with Crippen molar-refractivity contribution in [3.63, 3.8) is 0 Å². The van der Waals surface area contributed by atoms with Gasteiger partial charge in [0.05, 0.1) is 0 Å². The first-order valence-corrected chi connectivity index (χ1v) is 8.21. The fourth-order valence-electron chi connectivity index (χ4n) is 2.53. The van der Waals surface area contributed by atoms with Crippen LogP contribution in [0.1, 0.15) is 23.3 Å². The van der Waals surface area contributed by atoms with Crippen molar-refractivity contribution in [2.45, 2.75) is 12.8 Å². The van der Waals surface area contributed by atoms with Gasteiger partial charge in [0.25, 0.3) is 5.91 Å². The van der Waals surface area contributed by atoms with Crippen LogP contribution in [0, 0.1) is 5.92 Å². The van der Waals surface area contributed by atoms with Gasteiger partial charge in [-0.25, -0.2) is 4.98 Å². The first kappa shape index (κ1) is 14.2. The molecule has 5 heteroatoms. The number of hydrogen-bond acceptors (Lipinski definition) is 4. The third-order valence-corrected chi connectivity index (χ3v) is 4.65. The van der Waals surface area contributed by atoms with Crippen LogP contribution >= 0.6 is 11.3 Å². The Labute approximate surface area is 128 Å². The standard InChI is InChI=1S/C16H19N3OS/c20-15(18-9-7-12-6-8-17-10-12)14-11-21-16(19-14)13-4-2-1-3-5-13/h1-5,11-12,17H,6-10H2,(H,18,20). The van der Waals surface area contributed by atoms with Crippen molar-refractivity contribution in [2.75, 3.05) is 19.6 Å². The van der Waals surface area contributed by atoms with Crippen LogP contribution in [0.15, 0.2) is 35.7 Å². The number of carbonyl (C=O) groups excluding carboxylic acids is 1. The highest BCUT2D eigenvalue weighted by Gasteiger charge is 2.15. The molecule has 0 aliphatic carbocycles. The van der Waals surface area contributed by atoms with Crippen LogP contribution < -0.4 is 10.6 Å². The molecule has 2 N–H and O–H groups in total. The van der Waals surface area contributed by atoms with Crippen molar-refractivity contribution >= 4 is 17.2 Å². The average Bonchev–Trinajstić information content (AvgIpc) is 3.20. The van der Waals surface area contributed by atoms with Gasteiger partial charge in [-0.2, -0.15) is 0 Å². The zero-order chi connectivity index (χ0) is 14.5. The maximum Gasteiger partial charge on any atom is 0.270 e. The van der Waals surface area contributed by atoms with E-state index in [1.54, 1.807) is 0 Å². The van der Waals surface area contributed by atoms with Gasteiger partial charge < -0.3 is 10.6 Å². The Balaban J connectivity index is 1.54. The smallest absolute Gasteiger partial charge is 0.270 e. The molecule has 2 aromatic rings. The van der Waals surface area contributed by atoms with E-state index in [1.165, 1.54) is 17.8 Å². The molecule has 2 heterocycles. The predicted octanol–water partition coefficient (Wildman–Crippen LogP) is 2.54. The summed E-state index contributed by atoms with van der Waals surface area (Å²) in [4.78, 5) is 16.5. The summed E-state index contributed by atoms with van der Waals surface area (Å²) in [6, 6.07) is 9.95. The fraction of sp³-hybridized carbons (Fsp3) is 0.375. The molecule has 110 valence electrons. The summed E-state index contributed by atoms with van der Waals surface area (Å²) in [6.45, 7) is 2.90. The highest BCUT2D eigenvalue weighted by Crippen LogP contribution is 2.23. The number of amides is 1. The summed E-state index contributed by atoms with van der Waals surface area (Å²) in [7, 11) is 0. The van der Waals surface area contributed by atoms with Gasteiger partial charge in [0.15, 0.2) is 0 Å². The van der Waals surface area contributed by atoms with Gasteiger partial charge >= 0.3 is 0 Å². The zero-order valence-electron chi connectivity index (χ0n) is 11.8. The predicted molar refractivity (Wildman–Crippen MR) is 85.5 cm³/mol.